The Bertz CT molecular complexity index is 727. The largest absolute Gasteiger partial charge is 0.325 e. The molecule has 0 radical (unpaired) electrons. The summed E-state index contributed by atoms with van der Waals surface area (Å²) in [5.41, 5.74) is -0.708. The highest BCUT2D eigenvalue weighted by molar-refractivity contribution is 7.89. The lowest BCUT2D eigenvalue weighted by Gasteiger charge is -2.20. The Balaban J connectivity index is 1.52. The molecular weight excluding hydrogens is 330 g/mol. The molecule has 0 unspecified atom stereocenters. The highest BCUT2D eigenvalue weighted by Crippen LogP contribution is 2.34. The van der Waals surface area contributed by atoms with Crippen molar-refractivity contribution in [3.05, 3.63) is 30.3 Å². The first-order chi connectivity index (χ1) is 11.4. The minimum absolute atomic E-state index is 0.168. The molecule has 1 saturated carbocycles. The van der Waals surface area contributed by atoms with Crippen molar-refractivity contribution in [2.75, 3.05) is 13.1 Å². The van der Waals surface area contributed by atoms with Gasteiger partial charge in [0.15, 0.2) is 0 Å². The lowest BCUT2D eigenvalue weighted by Crippen LogP contribution is -2.44. The van der Waals surface area contributed by atoms with E-state index in [1.165, 1.54) is 17.0 Å². The molecule has 1 aromatic rings. The van der Waals surface area contributed by atoms with Gasteiger partial charge >= 0.3 is 6.03 Å². The van der Waals surface area contributed by atoms with Crippen LogP contribution in [0, 0.1) is 0 Å². The van der Waals surface area contributed by atoms with Gasteiger partial charge in [-0.2, -0.15) is 0 Å². The molecule has 7 nitrogen and oxygen atoms in total. The summed E-state index contributed by atoms with van der Waals surface area (Å²) in [5, 5.41) is 2.81. The number of carbonyl (C=O) groups excluding carboxylic acids is 2. The molecule has 3 rings (SSSR count). The van der Waals surface area contributed by atoms with Gasteiger partial charge in [-0.1, -0.05) is 31.0 Å². The maximum Gasteiger partial charge on any atom is 0.325 e. The Morgan fingerprint density at radius 3 is 2.46 bits per heavy atom. The van der Waals surface area contributed by atoms with Crippen molar-refractivity contribution >= 4 is 22.0 Å². The highest BCUT2D eigenvalue weighted by Gasteiger charge is 2.51. The molecule has 130 valence electrons. The van der Waals surface area contributed by atoms with Gasteiger partial charge < -0.3 is 5.32 Å². The average molecular weight is 351 g/mol. The van der Waals surface area contributed by atoms with Crippen LogP contribution in [-0.4, -0.2) is 43.9 Å². The second-order valence-corrected chi connectivity index (χ2v) is 8.01. The number of rotatable bonds is 6. The normalized spacial score (nSPS) is 19.9. The van der Waals surface area contributed by atoms with Crippen molar-refractivity contribution < 1.29 is 18.0 Å². The van der Waals surface area contributed by atoms with E-state index >= 15 is 0 Å². The summed E-state index contributed by atoms with van der Waals surface area (Å²) in [6, 6.07) is 7.72. The molecule has 2 aliphatic rings. The molecule has 2 fully saturated rings. The maximum absolute atomic E-state index is 12.5. The van der Waals surface area contributed by atoms with Crippen molar-refractivity contribution in [3.63, 3.8) is 0 Å². The van der Waals surface area contributed by atoms with Crippen LogP contribution in [0.25, 0.3) is 0 Å². The molecule has 1 spiro atoms. The van der Waals surface area contributed by atoms with Gasteiger partial charge in [0.05, 0.1) is 4.90 Å². The van der Waals surface area contributed by atoms with E-state index in [-0.39, 0.29) is 29.9 Å². The van der Waals surface area contributed by atoms with Crippen LogP contribution in [0.1, 0.15) is 32.1 Å². The summed E-state index contributed by atoms with van der Waals surface area (Å²) in [5.74, 6) is -0.170. The number of hydrogen-bond donors (Lipinski definition) is 2. The summed E-state index contributed by atoms with van der Waals surface area (Å²) in [6.45, 7) is 0.380. The Morgan fingerprint density at radius 2 is 1.79 bits per heavy atom. The van der Waals surface area contributed by atoms with Crippen molar-refractivity contribution in [3.8, 4) is 0 Å². The van der Waals surface area contributed by atoms with E-state index in [4.69, 9.17) is 0 Å². The van der Waals surface area contributed by atoms with Gasteiger partial charge in [-0.3, -0.25) is 9.69 Å². The van der Waals surface area contributed by atoms with Crippen LogP contribution in [0.5, 0.6) is 0 Å². The van der Waals surface area contributed by atoms with Crippen molar-refractivity contribution in [1.29, 1.82) is 0 Å². The van der Waals surface area contributed by atoms with Gasteiger partial charge in [-0.05, 0) is 31.4 Å². The zero-order valence-corrected chi connectivity index (χ0v) is 14.1. The molecule has 0 atom stereocenters. The maximum atomic E-state index is 12.5. The van der Waals surface area contributed by atoms with Crippen LogP contribution in [-0.2, 0) is 14.8 Å². The van der Waals surface area contributed by atoms with Crippen LogP contribution < -0.4 is 10.0 Å². The Morgan fingerprint density at radius 1 is 1.12 bits per heavy atom. The Hall–Kier alpha value is -1.93. The van der Waals surface area contributed by atoms with E-state index in [0.29, 0.717) is 19.3 Å². The molecule has 1 aliphatic carbocycles. The van der Waals surface area contributed by atoms with Gasteiger partial charge in [-0.15, -0.1) is 0 Å². The second-order valence-electron chi connectivity index (χ2n) is 6.24. The number of benzene rings is 1. The molecule has 1 aliphatic heterocycles. The number of hydrogen-bond acceptors (Lipinski definition) is 4. The van der Waals surface area contributed by atoms with Crippen molar-refractivity contribution in [1.82, 2.24) is 14.9 Å². The minimum atomic E-state index is -3.56. The predicted octanol–water partition coefficient (Wildman–Crippen LogP) is 1.22. The van der Waals surface area contributed by atoms with E-state index in [1.54, 1.807) is 18.2 Å². The summed E-state index contributed by atoms with van der Waals surface area (Å²) in [4.78, 5) is 25.9. The molecule has 3 amide bonds. The van der Waals surface area contributed by atoms with Crippen LogP contribution in [0.3, 0.4) is 0 Å². The third kappa shape index (κ3) is 3.16. The number of nitrogens with zero attached hydrogens (tertiary/aromatic N) is 1. The zero-order valence-electron chi connectivity index (χ0n) is 13.3. The van der Waals surface area contributed by atoms with E-state index in [2.05, 4.69) is 10.0 Å². The third-order valence-electron chi connectivity index (χ3n) is 4.61. The minimum Gasteiger partial charge on any atom is -0.323 e. The topological polar surface area (TPSA) is 95.6 Å². The fourth-order valence-corrected chi connectivity index (χ4v) is 4.42. The van der Waals surface area contributed by atoms with Crippen LogP contribution in [0.15, 0.2) is 35.2 Å². The first kappa shape index (κ1) is 16.9. The van der Waals surface area contributed by atoms with Gasteiger partial charge in [0.2, 0.25) is 10.0 Å². The SMILES string of the molecule is O=C1NC2(CCCC2)C(=O)N1CCCNS(=O)(=O)c1ccccc1. The number of nitrogens with one attached hydrogen (secondary N) is 2. The molecule has 0 aromatic heterocycles. The lowest BCUT2D eigenvalue weighted by molar-refractivity contribution is -0.131. The number of sulfonamides is 1. The summed E-state index contributed by atoms with van der Waals surface area (Å²) in [6.07, 6.45) is 3.64. The van der Waals surface area contributed by atoms with Crippen LogP contribution >= 0.6 is 0 Å². The van der Waals surface area contributed by atoms with Gasteiger partial charge in [-0.25, -0.2) is 17.9 Å². The van der Waals surface area contributed by atoms with E-state index in [9.17, 15) is 18.0 Å². The fourth-order valence-electron chi connectivity index (χ4n) is 3.32. The molecule has 24 heavy (non-hydrogen) atoms. The van der Waals surface area contributed by atoms with Gasteiger partial charge in [0, 0.05) is 13.1 Å². The van der Waals surface area contributed by atoms with Gasteiger partial charge in [0.1, 0.15) is 5.54 Å². The molecular formula is C16H21N3O4S. The highest BCUT2D eigenvalue weighted by atomic mass is 32.2. The summed E-state index contributed by atoms with van der Waals surface area (Å²) < 4.78 is 26.7. The van der Waals surface area contributed by atoms with E-state index in [0.717, 1.165) is 12.8 Å². The number of urea groups is 1. The molecule has 2 N–H and O–H groups in total. The second kappa shape index (κ2) is 6.52. The van der Waals surface area contributed by atoms with Crippen molar-refractivity contribution in [2.24, 2.45) is 0 Å². The fraction of sp³-hybridized carbons (Fsp3) is 0.500. The van der Waals surface area contributed by atoms with E-state index in [1.807, 2.05) is 0 Å². The number of amides is 3. The average Bonchev–Trinajstić information content (AvgIpc) is 3.12. The van der Waals surface area contributed by atoms with E-state index < -0.39 is 15.6 Å². The Labute approximate surface area is 141 Å². The zero-order chi connectivity index (χ0) is 17.2. The predicted molar refractivity (Wildman–Crippen MR) is 87.7 cm³/mol. The summed E-state index contributed by atoms with van der Waals surface area (Å²) >= 11 is 0. The first-order valence-corrected chi connectivity index (χ1v) is 9.62. The van der Waals surface area contributed by atoms with Crippen LogP contribution in [0.2, 0.25) is 0 Å². The van der Waals surface area contributed by atoms with Crippen molar-refractivity contribution in [2.45, 2.75) is 42.5 Å². The monoisotopic (exact) mass is 351 g/mol. The number of carbonyl (C=O) groups is 2. The number of imide groups is 1. The smallest absolute Gasteiger partial charge is 0.323 e. The molecule has 8 heteroatoms. The summed E-state index contributed by atoms with van der Waals surface area (Å²) in [7, 11) is -3.56. The molecule has 0 bridgehead atoms. The van der Waals surface area contributed by atoms with Crippen LogP contribution in [0.4, 0.5) is 4.79 Å². The Kier molecular flexibility index (Phi) is 4.60. The quantitative estimate of drug-likeness (QED) is 0.595. The first-order valence-electron chi connectivity index (χ1n) is 8.13. The van der Waals surface area contributed by atoms with Gasteiger partial charge in [0.25, 0.3) is 5.91 Å². The molecule has 1 saturated heterocycles. The molecule has 1 heterocycles. The lowest BCUT2D eigenvalue weighted by atomic mass is 9.98. The molecule has 1 aromatic carbocycles. The third-order valence-corrected chi connectivity index (χ3v) is 6.08. The standard InChI is InChI=1S/C16H21N3O4S/c20-14-16(9-4-5-10-16)18-15(21)19(14)12-6-11-17-24(22,23)13-7-2-1-3-8-13/h1-3,7-8,17H,4-6,9-12H2,(H,18,21).